The molecule has 0 aliphatic heterocycles. The highest BCUT2D eigenvalue weighted by molar-refractivity contribution is 6.04. The van der Waals surface area contributed by atoms with E-state index in [-0.39, 0.29) is 30.6 Å². The first-order chi connectivity index (χ1) is 18.9. The van der Waals surface area contributed by atoms with Gasteiger partial charge in [-0.15, -0.1) is 0 Å². The third-order valence-corrected chi connectivity index (χ3v) is 8.46. The average molecular weight is 534 g/mol. The van der Waals surface area contributed by atoms with Crippen LogP contribution in [0.1, 0.15) is 54.9 Å². The predicted molar refractivity (Wildman–Crippen MR) is 149 cm³/mol. The number of fused-ring (bicyclic) bond motifs is 2. The summed E-state index contributed by atoms with van der Waals surface area (Å²) in [5.41, 5.74) is 3.87. The molecule has 2 aliphatic rings. The van der Waals surface area contributed by atoms with E-state index in [4.69, 9.17) is 13.9 Å². The summed E-state index contributed by atoms with van der Waals surface area (Å²) in [7, 11) is 3.25. The number of carbonyl (C=O) groups excluding carboxylic acids is 1. The second-order valence-electron chi connectivity index (χ2n) is 11.4. The molecule has 0 saturated heterocycles. The monoisotopic (exact) mass is 533 g/mol. The van der Waals surface area contributed by atoms with Gasteiger partial charge in [0.15, 0.2) is 11.5 Å². The zero-order chi connectivity index (χ0) is 27.3. The molecule has 2 aromatic heterocycles. The molecule has 0 bridgehead atoms. The van der Waals surface area contributed by atoms with Crippen LogP contribution in [0.5, 0.6) is 11.5 Å². The maximum absolute atomic E-state index is 14.3. The Bertz CT molecular complexity index is 1520. The molecule has 4 aromatic rings. The van der Waals surface area contributed by atoms with Crippen LogP contribution in [0.4, 0.5) is 4.39 Å². The number of rotatable bonds is 9. The number of carbonyl (C=O) groups is 1. The Kier molecular flexibility index (Phi) is 6.88. The molecule has 1 N–H and O–H groups in total. The smallest absolute Gasteiger partial charge is 0.166 e. The van der Waals surface area contributed by atoms with Crippen molar-refractivity contribution in [1.29, 1.82) is 0 Å². The van der Waals surface area contributed by atoms with Gasteiger partial charge in [-0.1, -0.05) is 6.92 Å². The molecule has 6 nitrogen and oxygen atoms in total. The number of hydrogen-bond donors (Lipinski definition) is 1. The van der Waals surface area contributed by atoms with Crippen LogP contribution >= 0.6 is 0 Å². The van der Waals surface area contributed by atoms with Crippen LogP contribution in [0.3, 0.4) is 0 Å². The van der Waals surface area contributed by atoms with Crippen molar-refractivity contribution in [2.24, 2.45) is 17.8 Å². The number of alkyl halides is 1. The van der Waals surface area contributed by atoms with Crippen molar-refractivity contribution in [1.82, 2.24) is 4.57 Å². The minimum absolute atomic E-state index is 0.0556. The van der Waals surface area contributed by atoms with Crippen molar-refractivity contribution in [3.63, 3.8) is 0 Å². The van der Waals surface area contributed by atoms with Crippen LogP contribution in [-0.2, 0) is 13.0 Å². The molecule has 2 fully saturated rings. The maximum atomic E-state index is 14.3. The van der Waals surface area contributed by atoms with E-state index in [1.54, 1.807) is 26.4 Å². The molecular weight excluding hydrogens is 497 g/mol. The lowest BCUT2D eigenvalue weighted by Crippen LogP contribution is -2.28. The number of methoxy groups -OCH3 is 2. The first kappa shape index (κ1) is 25.9. The van der Waals surface area contributed by atoms with Crippen LogP contribution in [0.2, 0.25) is 0 Å². The summed E-state index contributed by atoms with van der Waals surface area (Å²) >= 11 is 0. The number of hydrogen-bond acceptors (Lipinski definition) is 5. The van der Waals surface area contributed by atoms with Crippen LogP contribution in [0.15, 0.2) is 40.8 Å². The van der Waals surface area contributed by atoms with E-state index in [1.165, 1.54) is 12.8 Å². The number of ketones is 1. The van der Waals surface area contributed by atoms with Gasteiger partial charge < -0.3 is 23.6 Å². The second kappa shape index (κ2) is 10.3. The molecular formula is C32H36FNO5. The van der Waals surface area contributed by atoms with E-state index in [2.05, 4.69) is 22.8 Å². The molecule has 1 unspecified atom stereocenters. The Hall–Kier alpha value is -3.32. The summed E-state index contributed by atoms with van der Waals surface area (Å²) in [6.45, 7) is 2.82. The number of Topliss-reactive ketones (excluding diaryl/α,β-unsaturated/α-hetero) is 1. The van der Waals surface area contributed by atoms with E-state index in [0.717, 1.165) is 39.8 Å². The number of halogens is 1. The number of benzene rings is 2. The summed E-state index contributed by atoms with van der Waals surface area (Å²) in [5, 5.41) is 11.9. The first-order valence-corrected chi connectivity index (χ1v) is 14.0. The minimum atomic E-state index is -0.952. The lowest BCUT2D eigenvalue weighted by molar-refractivity contribution is 0.0791. The standard InChI is InChI=1S/C32H36FNO5/c1-18-10-21(12-23(33)11-18)31(36)22-14-28(38-3)30-25(8-9-35)32(39-29(30)15-22)27-13-20-6-7-24(37-2)16-26(20)34(27)17-19-4-5-19/h6-7,13-16,18-19,21,23,35H,4-5,8-12,17H2,1-3H3/t18-,21?,23+/m0/s1. The van der Waals surface area contributed by atoms with Gasteiger partial charge in [-0.2, -0.15) is 0 Å². The summed E-state index contributed by atoms with van der Waals surface area (Å²) in [4.78, 5) is 13.5. The molecule has 6 rings (SSSR count). The summed E-state index contributed by atoms with van der Waals surface area (Å²) in [6.07, 6.45) is 3.28. The molecule has 0 spiro atoms. The quantitative estimate of drug-likeness (QED) is 0.235. The zero-order valence-corrected chi connectivity index (χ0v) is 22.8. The van der Waals surface area contributed by atoms with Crippen molar-refractivity contribution < 1.29 is 28.2 Å². The fourth-order valence-electron chi connectivity index (χ4n) is 6.39. The van der Waals surface area contributed by atoms with Crippen LogP contribution < -0.4 is 9.47 Å². The van der Waals surface area contributed by atoms with Crippen LogP contribution in [0.25, 0.3) is 33.3 Å². The van der Waals surface area contributed by atoms with E-state index in [0.29, 0.717) is 47.8 Å². The number of aliphatic hydroxyl groups is 1. The summed E-state index contributed by atoms with van der Waals surface area (Å²) < 4.78 is 34.5. The van der Waals surface area contributed by atoms with Gasteiger partial charge >= 0.3 is 0 Å². The van der Waals surface area contributed by atoms with Gasteiger partial charge in [0.05, 0.1) is 30.8 Å². The fourth-order valence-corrected chi connectivity index (χ4v) is 6.39. The maximum Gasteiger partial charge on any atom is 0.166 e. The minimum Gasteiger partial charge on any atom is -0.497 e. The van der Waals surface area contributed by atoms with Gasteiger partial charge in [-0.25, -0.2) is 4.39 Å². The molecule has 39 heavy (non-hydrogen) atoms. The SMILES string of the molecule is COc1ccc2cc(-c3oc4cc(C(=O)C5C[C@H](C)C[C@@H](F)C5)cc(OC)c4c3CCO)n(CC3CC3)c2c1. The Labute approximate surface area is 227 Å². The average Bonchev–Trinajstić information content (AvgIpc) is 3.58. The Balaban J connectivity index is 1.51. The lowest BCUT2D eigenvalue weighted by atomic mass is 9.78. The number of furan rings is 1. The number of nitrogens with zero attached hydrogens (tertiary/aromatic N) is 1. The van der Waals surface area contributed by atoms with Gasteiger partial charge in [0.2, 0.25) is 0 Å². The Morgan fingerprint density at radius 3 is 2.62 bits per heavy atom. The predicted octanol–water partition coefficient (Wildman–Crippen LogP) is 6.97. The molecule has 2 aromatic carbocycles. The van der Waals surface area contributed by atoms with Gasteiger partial charge in [0, 0.05) is 48.1 Å². The fraction of sp³-hybridized carbons (Fsp3) is 0.469. The van der Waals surface area contributed by atoms with Crippen molar-refractivity contribution in [3.05, 3.63) is 47.5 Å². The van der Waals surface area contributed by atoms with Crippen molar-refractivity contribution >= 4 is 27.7 Å². The summed E-state index contributed by atoms with van der Waals surface area (Å²) in [6, 6.07) is 11.7. The highest BCUT2D eigenvalue weighted by Gasteiger charge is 2.33. The highest BCUT2D eigenvalue weighted by Crippen LogP contribution is 2.44. The topological polar surface area (TPSA) is 73.8 Å². The Morgan fingerprint density at radius 1 is 1.10 bits per heavy atom. The molecule has 0 radical (unpaired) electrons. The van der Waals surface area contributed by atoms with E-state index in [9.17, 15) is 14.3 Å². The molecule has 2 heterocycles. The van der Waals surface area contributed by atoms with Gasteiger partial charge in [-0.3, -0.25) is 4.79 Å². The molecule has 206 valence electrons. The van der Waals surface area contributed by atoms with Crippen LogP contribution in [0, 0.1) is 17.8 Å². The number of ether oxygens (including phenoxy) is 2. The Morgan fingerprint density at radius 2 is 1.92 bits per heavy atom. The second-order valence-corrected chi connectivity index (χ2v) is 11.4. The van der Waals surface area contributed by atoms with Crippen molar-refractivity contribution in [3.8, 4) is 23.0 Å². The lowest BCUT2D eigenvalue weighted by Gasteiger charge is -2.28. The number of aromatic nitrogens is 1. The van der Waals surface area contributed by atoms with Crippen LogP contribution in [-0.4, -0.2) is 42.5 Å². The van der Waals surface area contributed by atoms with Crippen molar-refractivity contribution in [2.75, 3.05) is 20.8 Å². The van der Waals surface area contributed by atoms with Gasteiger partial charge in [0.1, 0.15) is 23.3 Å². The number of aliphatic hydroxyl groups excluding tert-OH is 1. The molecule has 2 aliphatic carbocycles. The van der Waals surface area contributed by atoms with E-state index >= 15 is 0 Å². The highest BCUT2D eigenvalue weighted by atomic mass is 19.1. The van der Waals surface area contributed by atoms with E-state index in [1.807, 2.05) is 13.0 Å². The normalized spacial score (nSPS) is 21.5. The molecule has 0 amide bonds. The third kappa shape index (κ3) is 4.82. The van der Waals surface area contributed by atoms with Crippen molar-refractivity contribution in [2.45, 2.75) is 58.2 Å². The van der Waals surface area contributed by atoms with Gasteiger partial charge in [0.25, 0.3) is 0 Å². The summed E-state index contributed by atoms with van der Waals surface area (Å²) in [5.74, 6) is 2.37. The van der Waals surface area contributed by atoms with E-state index < -0.39 is 6.17 Å². The molecule has 3 atom stereocenters. The first-order valence-electron chi connectivity index (χ1n) is 14.0. The molecule has 2 saturated carbocycles. The molecule has 7 heteroatoms. The largest absolute Gasteiger partial charge is 0.497 e. The van der Waals surface area contributed by atoms with Gasteiger partial charge in [-0.05, 0) is 74.3 Å². The third-order valence-electron chi connectivity index (χ3n) is 8.46. The zero-order valence-electron chi connectivity index (χ0n) is 22.8.